The molecule has 1 rings (SSSR count). The molecule has 1 aromatic carbocycles. The zero-order valence-corrected chi connectivity index (χ0v) is 8.82. The summed E-state index contributed by atoms with van der Waals surface area (Å²) in [5.41, 5.74) is 0. The minimum Gasteiger partial charge on any atom is -0.492 e. The molecule has 2 nitrogen and oxygen atoms in total. The molecule has 3 heteroatoms. The normalized spacial score (nSPS) is 9.83. The quantitative estimate of drug-likeness (QED) is 0.674. The van der Waals surface area contributed by atoms with Gasteiger partial charge in [-0.2, -0.15) is 0 Å². The molecule has 0 aliphatic heterocycles. The van der Waals surface area contributed by atoms with Gasteiger partial charge in [0, 0.05) is 13.0 Å². The Bertz CT molecular complexity index is 238. The standard InChI is InChI=1S/C9H11IO2/c10-8-4-1-2-5-9(8)12-7-3-6-11/h1-2,4-5,11H,3,6-7H2. The Labute approximate surface area is 85.7 Å². The van der Waals surface area contributed by atoms with E-state index in [9.17, 15) is 0 Å². The molecule has 1 N–H and O–H groups in total. The summed E-state index contributed by atoms with van der Waals surface area (Å²) in [5.74, 6) is 0.895. The van der Waals surface area contributed by atoms with Crippen molar-refractivity contribution in [1.29, 1.82) is 0 Å². The number of ether oxygens (including phenoxy) is 1. The van der Waals surface area contributed by atoms with E-state index < -0.39 is 0 Å². The molecule has 0 aromatic heterocycles. The van der Waals surface area contributed by atoms with Gasteiger partial charge in [0.1, 0.15) is 5.75 Å². The number of rotatable bonds is 4. The smallest absolute Gasteiger partial charge is 0.132 e. The van der Waals surface area contributed by atoms with Crippen LogP contribution in [-0.4, -0.2) is 18.3 Å². The average molecular weight is 278 g/mol. The topological polar surface area (TPSA) is 29.5 Å². The summed E-state index contributed by atoms with van der Waals surface area (Å²) < 4.78 is 6.51. The number of halogens is 1. The minimum atomic E-state index is 0.184. The lowest BCUT2D eigenvalue weighted by Crippen LogP contribution is -2.00. The summed E-state index contributed by atoms with van der Waals surface area (Å²) >= 11 is 2.22. The molecule has 0 atom stereocenters. The molecule has 12 heavy (non-hydrogen) atoms. The van der Waals surface area contributed by atoms with E-state index in [1.807, 2.05) is 24.3 Å². The summed E-state index contributed by atoms with van der Waals surface area (Å²) in [6.07, 6.45) is 0.685. The van der Waals surface area contributed by atoms with Crippen molar-refractivity contribution in [2.24, 2.45) is 0 Å². The Hall–Kier alpha value is -0.290. The molecular weight excluding hydrogens is 267 g/mol. The van der Waals surface area contributed by atoms with Crippen molar-refractivity contribution >= 4 is 22.6 Å². The van der Waals surface area contributed by atoms with Crippen LogP contribution >= 0.6 is 22.6 Å². The molecule has 0 spiro atoms. The molecule has 0 fully saturated rings. The molecule has 0 aliphatic rings. The molecule has 0 bridgehead atoms. The number of benzene rings is 1. The molecular formula is C9H11IO2. The van der Waals surface area contributed by atoms with Gasteiger partial charge in [0.25, 0.3) is 0 Å². The third kappa shape index (κ3) is 2.98. The van der Waals surface area contributed by atoms with E-state index in [2.05, 4.69) is 22.6 Å². The van der Waals surface area contributed by atoms with Crippen molar-refractivity contribution in [3.05, 3.63) is 27.8 Å². The van der Waals surface area contributed by atoms with Gasteiger partial charge in [0.05, 0.1) is 10.2 Å². The molecule has 0 amide bonds. The highest BCUT2D eigenvalue weighted by molar-refractivity contribution is 14.1. The Morgan fingerprint density at radius 1 is 1.33 bits per heavy atom. The first-order chi connectivity index (χ1) is 5.84. The number of hydrogen-bond donors (Lipinski definition) is 1. The Balaban J connectivity index is 2.46. The second-order valence-electron chi connectivity index (χ2n) is 2.36. The summed E-state index contributed by atoms with van der Waals surface area (Å²) in [6.45, 7) is 0.764. The fraction of sp³-hybridized carbons (Fsp3) is 0.333. The van der Waals surface area contributed by atoms with E-state index in [1.54, 1.807) is 0 Å². The van der Waals surface area contributed by atoms with Gasteiger partial charge in [-0.25, -0.2) is 0 Å². The molecule has 0 aliphatic carbocycles. The van der Waals surface area contributed by atoms with Crippen LogP contribution in [0.1, 0.15) is 6.42 Å². The first-order valence-corrected chi connectivity index (χ1v) is 4.90. The maximum absolute atomic E-state index is 8.53. The monoisotopic (exact) mass is 278 g/mol. The number of para-hydroxylation sites is 1. The lowest BCUT2D eigenvalue weighted by atomic mass is 10.3. The summed E-state index contributed by atoms with van der Waals surface area (Å²) in [4.78, 5) is 0. The van der Waals surface area contributed by atoms with Crippen LogP contribution in [0, 0.1) is 3.57 Å². The highest BCUT2D eigenvalue weighted by Gasteiger charge is 1.97. The third-order valence-electron chi connectivity index (χ3n) is 1.40. The lowest BCUT2D eigenvalue weighted by molar-refractivity contribution is 0.233. The summed E-state index contributed by atoms with van der Waals surface area (Å²) in [5, 5.41) is 8.53. The van der Waals surface area contributed by atoms with Crippen LogP contribution in [0.4, 0.5) is 0 Å². The zero-order chi connectivity index (χ0) is 8.81. The van der Waals surface area contributed by atoms with E-state index in [4.69, 9.17) is 9.84 Å². The second-order valence-corrected chi connectivity index (χ2v) is 3.52. The maximum Gasteiger partial charge on any atom is 0.132 e. The van der Waals surface area contributed by atoms with Gasteiger partial charge in [-0.05, 0) is 34.7 Å². The van der Waals surface area contributed by atoms with Crippen LogP contribution in [-0.2, 0) is 0 Å². The van der Waals surface area contributed by atoms with Gasteiger partial charge < -0.3 is 9.84 Å². The van der Waals surface area contributed by atoms with E-state index in [1.165, 1.54) is 0 Å². The predicted molar refractivity (Wildman–Crippen MR) is 56.4 cm³/mol. The Morgan fingerprint density at radius 3 is 2.75 bits per heavy atom. The van der Waals surface area contributed by atoms with E-state index >= 15 is 0 Å². The van der Waals surface area contributed by atoms with Crippen LogP contribution in [0.25, 0.3) is 0 Å². The molecule has 66 valence electrons. The summed E-state index contributed by atoms with van der Waals surface area (Å²) in [6, 6.07) is 7.84. The highest BCUT2D eigenvalue weighted by Crippen LogP contribution is 2.19. The van der Waals surface area contributed by atoms with Gasteiger partial charge >= 0.3 is 0 Å². The highest BCUT2D eigenvalue weighted by atomic mass is 127. The van der Waals surface area contributed by atoms with Crippen LogP contribution in [0.15, 0.2) is 24.3 Å². The van der Waals surface area contributed by atoms with Gasteiger partial charge in [0.2, 0.25) is 0 Å². The van der Waals surface area contributed by atoms with Gasteiger partial charge in [-0.15, -0.1) is 0 Å². The van der Waals surface area contributed by atoms with Crippen molar-refractivity contribution in [3.63, 3.8) is 0 Å². The van der Waals surface area contributed by atoms with Crippen LogP contribution in [0.2, 0.25) is 0 Å². The van der Waals surface area contributed by atoms with Crippen molar-refractivity contribution in [1.82, 2.24) is 0 Å². The summed E-state index contributed by atoms with van der Waals surface area (Å²) in [7, 11) is 0. The van der Waals surface area contributed by atoms with Crippen molar-refractivity contribution in [3.8, 4) is 5.75 Å². The van der Waals surface area contributed by atoms with Crippen molar-refractivity contribution in [2.45, 2.75) is 6.42 Å². The SMILES string of the molecule is OCCCOc1ccccc1I. The van der Waals surface area contributed by atoms with Crippen LogP contribution in [0.5, 0.6) is 5.75 Å². The first-order valence-electron chi connectivity index (χ1n) is 3.83. The minimum absolute atomic E-state index is 0.184. The maximum atomic E-state index is 8.53. The van der Waals surface area contributed by atoms with Gasteiger partial charge in [-0.3, -0.25) is 0 Å². The number of aliphatic hydroxyl groups is 1. The van der Waals surface area contributed by atoms with Gasteiger partial charge in [0.15, 0.2) is 0 Å². The molecule has 0 heterocycles. The van der Waals surface area contributed by atoms with Gasteiger partial charge in [-0.1, -0.05) is 12.1 Å². The number of aliphatic hydroxyl groups excluding tert-OH is 1. The van der Waals surface area contributed by atoms with Crippen LogP contribution < -0.4 is 4.74 Å². The Kier molecular flexibility index (Phi) is 4.39. The van der Waals surface area contributed by atoms with E-state index in [0.717, 1.165) is 9.32 Å². The van der Waals surface area contributed by atoms with Crippen molar-refractivity contribution in [2.75, 3.05) is 13.2 Å². The van der Waals surface area contributed by atoms with Crippen LogP contribution in [0.3, 0.4) is 0 Å². The predicted octanol–water partition coefficient (Wildman–Crippen LogP) is 2.05. The van der Waals surface area contributed by atoms with E-state index in [0.29, 0.717) is 13.0 Å². The third-order valence-corrected chi connectivity index (χ3v) is 2.29. The number of hydrogen-bond acceptors (Lipinski definition) is 2. The lowest BCUT2D eigenvalue weighted by Gasteiger charge is -2.05. The van der Waals surface area contributed by atoms with Crippen molar-refractivity contribution < 1.29 is 9.84 Å². The van der Waals surface area contributed by atoms with E-state index in [-0.39, 0.29) is 6.61 Å². The average Bonchev–Trinajstić information content (AvgIpc) is 2.09. The molecule has 0 radical (unpaired) electrons. The fourth-order valence-corrected chi connectivity index (χ4v) is 1.35. The molecule has 1 aromatic rings. The molecule has 0 saturated carbocycles. The Morgan fingerprint density at radius 2 is 2.08 bits per heavy atom. The molecule has 0 unspecified atom stereocenters. The molecule has 0 saturated heterocycles. The fourth-order valence-electron chi connectivity index (χ4n) is 0.808. The zero-order valence-electron chi connectivity index (χ0n) is 6.66. The largest absolute Gasteiger partial charge is 0.492 e. The first kappa shape index (κ1) is 9.80. The second kappa shape index (κ2) is 5.37.